The van der Waals surface area contributed by atoms with Crippen molar-refractivity contribution in [3.05, 3.63) is 0 Å². The first kappa shape index (κ1) is 12.3. The quantitative estimate of drug-likeness (QED) is 0.402. The van der Waals surface area contributed by atoms with Gasteiger partial charge in [-0.2, -0.15) is 0 Å². The van der Waals surface area contributed by atoms with Gasteiger partial charge in [-0.15, -0.1) is 0 Å². The van der Waals surface area contributed by atoms with Gasteiger partial charge in [0.25, 0.3) is 0 Å². The van der Waals surface area contributed by atoms with Crippen LogP contribution in [0.2, 0.25) is 0 Å². The number of rotatable bonds is 4. The Morgan fingerprint density at radius 3 is 2.53 bits per heavy atom. The van der Waals surface area contributed by atoms with E-state index in [1.54, 1.807) is 0 Å². The van der Waals surface area contributed by atoms with Crippen LogP contribution < -0.4 is 0 Å². The molecule has 0 radical (unpaired) electrons. The number of Topliss-reactive ketones (excluding diaryl/α,β-unsaturated/α-hetero) is 2. The van der Waals surface area contributed by atoms with Crippen LogP contribution in [0.15, 0.2) is 0 Å². The van der Waals surface area contributed by atoms with Gasteiger partial charge in [0.15, 0.2) is 5.78 Å². The highest BCUT2D eigenvalue weighted by Gasteiger charge is 2.32. The van der Waals surface area contributed by atoms with E-state index < -0.39 is 12.2 Å². The fourth-order valence-electron chi connectivity index (χ4n) is 1.95. The van der Waals surface area contributed by atoms with Gasteiger partial charge in [0.05, 0.1) is 5.92 Å². The van der Waals surface area contributed by atoms with Gasteiger partial charge in [0.1, 0.15) is 5.78 Å². The van der Waals surface area contributed by atoms with Crippen molar-refractivity contribution in [2.75, 3.05) is 14.2 Å². The maximum absolute atomic E-state index is 11.9. The van der Waals surface area contributed by atoms with Gasteiger partial charge >= 0.3 is 0 Å². The van der Waals surface area contributed by atoms with E-state index in [9.17, 15) is 9.59 Å². The van der Waals surface area contributed by atoms with Crippen molar-refractivity contribution >= 4 is 11.6 Å². The summed E-state index contributed by atoms with van der Waals surface area (Å²) in [6.45, 7) is 0. The molecule has 1 aliphatic carbocycles. The van der Waals surface area contributed by atoms with Gasteiger partial charge in [-0.3, -0.25) is 9.59 Å². The van der Waals surface area contributed by atoms with E-state index in [2.05, 4.69) is 0 Å². The molecule has 0 aromatic carbocycles. The Morgan fingerprint density at radius 2 is 1.93 bits per heavy atom. The molecule has 1 fully saturated rings. The highest BCUT2D eigenvalue weighted by molar-refractivity contribution is 6.03. The van der Waals surface area contributed by atoms with Crippen molar-refractivity contribution in [1.29, 1.82) is 0 Å². The Labute approximate surface area is 89.9 Å². The Balaban J connectivity index is 2.66. The van der Waals surface area contributed by atoms with Crippen molar-refractivity contribution in [3.8, 4) is 0 Å². The van der Waals surface area contributed by atoms with Crippen LogP contribution in [0, 0.1) is 5.92 Å². The molecular weight excluding hydrogens is 196 g/mol. The average molecular weight is 214 g/mol. The number of hydrogen-bond acceptors (Lipinski definition) is 4. The third-order valence-electron chi connectivity index (χ3n) is 2.81. The summed E-state index contributed by atoms with van der Waals surface area (Å²) >= 11 is 0. The van der Waals surface area contributed by atoms with E-state index in [1.807, 2.05) is 0 Å². The van der Waals surface area contributed by atoms with Crippen LogP contribution >= 0.6 is 0 Å². The monoisotopic (exact) mass is 214 g/mol. The van der Waals surface area contributed by atoms with Crippen molar-refractivity contribution in [2.45, 2.75) is 38.4 Å². The van der Waals surface area contributed by atoms with Gasteiger partial charge in [0, 0.05) is 20.6 Å². The number of ether oxygens (including phenoxy) is 2. The molecule has 0 heterocycles. The maximum Gasteiger partial charge on any atom is 0.218 e. The molecule has 0 saturated heterocycles. The minimum atomic E-state index is -0.892. The highest BCUT2D eigenvalue weighted by atomic mass is 16.7. The lowest BCUT2D eigenvalue weighted by atomic mass is 9.94. The molecule has 1 atom stereocenters. The zero-order valence-electron chi connectivity index (χ0n) is 9.32. The smallest absolute Gasteiger partial charge is 0.218 e. The maximum atomic E-state index is 11.9. The predicted octanol–water partition coefficient (Wildman–Crippen LogP) is 1.32. The summed E-state index contributed by atoms with van der Waals surface area (Å²) in [5.41, 5.74) is 0. The summed E-state index contributed by atoms with van der Waals surface area (Å²) in [6.07, 6.45) is 3.12. The molecule has 0 spiro atoms. The summed E-state index contributed by atoms with van der Waals surface area (Å²) in [5, 5.41) is 0. The van der Waals surface area contributed by atoms with Crippen LogP contribution in [0.1, 0.15) is 32.1 Å². The lowest BCUT2D eigenvalue weighted by molar-refractivity contribution is -0.162. The van der Waals surface area contributed by atoms with E-state index in [0.29, 0.717) is 12.8 Å². The Kier molecular flexibility index (Phi) is 4.91. The lowest BCUT2D eigenvalue weighted by Gasteiger charge is -2.17. The van der Waals surface area contributed by atoms with Crippen molar-refractivity contribution in [1.82, 2.24) is 0 Å². The Bertz CT molecular complexity index is 233. The SMILES string of the molecule is COC(OC)C(=O)C1CCCCCC1=O. The average Bonchev–Trinajstić information content (AvgIpc) is 2.44. The van der Waals surface area contributed by atoms with Crippen molar-refractivity contribution < 1.29 is 19.1 Å². The van der Waals surface area contributed by atoms with Gasteiger partial charge in [-0.25, -0.2) is 0 Å². The van der Waals surface area contributed by atoms with E-state index in [1.165, 1.54) is 14.2 Å². The molecule has 0 amide bonds. The Hall–Kier alpha value is -0.740. The van der Waals surface area contributed by atoms with Gasteiger partial charge < -0.3 is 9.47 Å². The number of hydrogen-bond donors (Lipinski definition) is 0. The van der Waals surface area contributed by atoms with Crippen molar-refractivity contribution in [2.24, 2.45) is 5.92 Å². The molecule has 1 unspecified atom stereocenters. The zero-order valence-corrected chi connectivity index (χ0v) is 9.32. The van der Waals surface area contributed by atoms with E-state index in [4.69, 9.17) is 9.47 Å². The molecule has 1 aliphatic rings. The van der Waals surface area contributed by atoms with Gasteiger partial charge in [0.2, 0.25) is 6.29 Å². The molecule has 0 aromatic rings. The first-order chi connectivity index (χ1) is 7.20. The van der Waals surface area contributed by atoms with Crippen LogP contribution in [0.4, 0.5) is 0 Å². The molecule has 86 valence electrons. The molecule has 15 heavy (non-hydrogen) atoms. The molecular formula is C11H18O4. The lowest BCUT2D eigenvalue weighted by Crippen LogP contribution is -2.35. The topological polar surface area (TPSA) is 52.6 Å². The van der Waals surface area contributed by atoms with Crippen LogP contribution in [-0.2, 0) is 19.1 Å². The van der Waals surface area contributed by atoms with Gasteiger partial charge in [-0.1, -0.05) is 12.8 Å². The molecule has 1 rings (SSSR count). The first-order valence-corrected chi connectivity index (χ1v) is 5.32. The number of carbonyl (C=O) groups excluding carboxylic acids is 2. The molecule has 4 nitrogen and oxygen atoms in total. The van der Waals surface area contributed by atoms with Crippen molar-refractivity contribution in [3.63, 3.8) is 0 Å². The molecule has 4 heteroatoms. The summed E-state index contributed by atoms with van der Waals surface area (Å²) in [5.74, 6) is -0.708. The number of ketones is 2. The van der Waals surface area contributed by atoms with Crippen LogP contribution in [0.5, 0.6) is 0 Å². The third kappa shape index (κ3) is 3.11. The standard InChI is InChI=1S/C11H18O4/c1-14-11(15-2)10(13)8-6-4-3-5-7-9(8)12/h8,11H,3-7H2,1-2H3. The normalized spacial score (nSPS) is 22.9. The molecule has 0 bridgehead atoms. The number of carbonyl (C=O) groups is 2. The van der Waals surface area contributed by atoms with Crippen LogP contribution in [-0.4, -0.2) is 32.1 Å². The summed E-state index contributed by atoms with van der Waals surface area (Å²) < 4.78 is 9.76. The highest BCUT2D eigenvalue weighted by Crippen LogP contribution is 2.22. The fraction of sp³-hybridized carbons (Fsp3) is 0.818. The van der Waals surface area contributed by atoms with Gasteiger partial charge in [-0.05, 0) is 12.8 Å². The minimum absolute atomic E-state index is 0.0385. The molecule has 0 aliphatic heterocycles. The molecule has 0 N–H and O–H groups in total. The number of methoxy groups -OCH3 is 2. The first-order valence-electron chi connectivity index (χ1n) is 5.32. The second-order valence-electron chi connectivity index (χ2n) is 3.82. The predicted molar refractivity (Wildman–Crippen MR) is 54.4 cm³/mol. The second-order valence-corrected chi connectivity index (χ2v) is 3.82. The summed E-state index contributed by atoms with van der Waals surface area (Å²) in [4.78, 5) is 23.5. The molecule has 1 saturated carbocycles. The largest absolute Gasteiger partial charge is 0.349 e. The van der Waals surface area contributed by atoms with Crippen LogP contribution in [0.25, 0.3) is 0 Å². The summed E-state index contributed by atoms with van der Waals surface area (Å²) in [7, 11) is 2.82. The zero-order chi connectivity index (χ0) is 11.3. The fourth-order valence-corrected chi connectivity index (χ4v) is 1.95. The van der Waals surface area contributed by atoms with E-state index >= 15 is 0 Å². The van der Waals surface area contributed by atoms with E-state index in [-0.39, 0.29) is 11.6 Å². The summed E-state index contributed by atoms with van der Waals surface area (Å²) in [6, 6.07) is 0. The molecule has 0 aromatic heterocycles. The second kappa shape index (κ2) is 5.98. The van der Waals surface area contributed by atoms with E-state index in [0.717, 1.165) is 19.3 Å². The van der Waals surface area contributed by atoms with Crippen LogP contribution in [0.3, 0.4) is 0 Å². The third-order valence-corrected chi connectivity index (χ3v) is 2.81. The minimum Gasteiger partial charge on any atom is -0.349 e. The Morgan fingerprint density at radius 1 is 1.27 bits per heavy atom.